The van der Waals surface area contributed by atoms with E-state index >= 15 is 4.39 Å². The van der Waals surface area contributed by atoms with Crippen LogP contribution in [-0.4, -0.2) is 85.0 Å². The van der Waals surface area contributed by atoms with Crippen LogP contribution in [0.15, 0.2) is 163 Å². The van der Waals surface area contributed by atoms with Gasteiger partial charge in [0.2, 0.25) is 17.7 Å². The Morgan fingerprint density at radius 2 is 1.01 bits per heavy atom. The quantitative estimate of drug-likeness (QED) is 0.0876. The van der Waals surface area contributed by atoms with Crippen LogP contribution in [-0.2, 0) is 38.4 Å². The molecule has 18 heteroatoms. The van der Waals surface area contributed by atoms with Crippen LogP contribution in [0.2, 0.25) is 0 Å². The van der Waals surface area contributed by atoms with Gasteiger partial charge >= 0.3 is 0 Å². The summed E-state index contributed by atoms with van der Waals surface area (Å²) < 4.78 is 97.6. The molecule has 448 valence electrons. The van der Waals surface area contributed by atoms with Crippen molar-refractivity contribution in [3.63, 3.8) is 0 Å². The van der Waals surface area contributed by atoms with Crippen molar-refractivity contribution in [2.24, 2.45) is 0 Å². The summed E-state index contributed by atoms with van der Waals surface area (Å²) in [5.41, 5.74) is 7.66. The van der Waals surface area contributed by atoms with Crippen molar-refractivity contribution in [3.05, 3.63) is 237 Å². The van der Waals surface area contributed by atoms with Crippen LogP contribution >= 0.6 is 0 Å². The van der Waals surface area contributed by atoms with Gasteiger partial charge in [0.15, 0.2) is 40.3 Å². The van der Waals surface area contributed by atoms with E-state index in [2.05, 4.69) is 6.07 Å². The average Bonchev–Trinajstić information content (AvgIpc) is 3.05. The number of amides is 3. The zero-order chi connectivity index (χ0) is 61.8. The van der Waals surface area contributed by atoms with Crippen LogP contribution in [0.3, 0.4) is 0 Å². The smallest absolute Gasteiger partial charge is 0.231 e. The summed E-state index contributed by atoms with van der Waals surface area (Å²) in [7, 11) is 5.70. The summed E-state index contributed by atoms with van der Waals surface area (Å²) in [6, 6.07) is 26.4. The molecule has 1 N–H and O–H groups in total. The van der Waals surface area contributed by atoms with Gasteiger partial charge in [-0.1, -0.05) is 48.5 Å². The molecule has 3 aliphatic heterocycles. The number of halogens is 5. The third-order valence-corrected chi connectivity index (χ3v) is 15.4. The zero-order valence-electron chi connectivity index (χ0n) is 48.7. The Kier molecular flexibility index (Phi) is 20.8. The highest BCUT2D eigenvalue weighted by Crippen LogP contribution is 2.40. The Balaban J connectivity index is 0.000000286. The van der Waals surface area contributed by atoms with E-state index in [9.17, 15) is 36.7 Å². The molecular weight excluding hydrogens is 1110 g/mol. The number of methoxy groups -OCH3 is 4. The molecule has 13 nitrogen and oxygen atoms in total. The van der Waals surface area contributed by atoms with Gasteiger partial charge < -0.3 is 43.5 Å². The van der Waals surface area contributed by atoms with Gasteiger partial charge in [0.25, 0.3) is 0 Å². The molecule has 0 saturated heterocycles. The minimum atomic E-state index is -0.596. The first kappa shape index (κ1) is 62.7. The van der Waals surface area contributed by atoms with Crippen molar-refractivity contribution in [1.82, 2.24) is 14.7 Å². The number of aliphatic hydroxyl groups is 1. The van der Waals surface area contributed by atoms with Gasteiger partial charge in [-0.15, -0.1) is 0 Å². The molecule has 0 fully saturated rings. The standard InChI is InChI=1S/C47H47F3N2O6.C21H19F2NO4/c1-6-31-14-16-51(47(55)27-37-25-44(56-4)45(57-5)28-39(37)49)41(21-31)35-9-7-8-33(22-35)30(3)34-15-17-52(42(23-34)32-10-12-38(48)13-11-32)46(54)26-36-24-43(58-19-18-53)40(50)20-29(36)2;1-27-19-9-14(17(23)12-20(19)28-2)10-21(26)24-8-7-16(25)11-18(24)13-3-5-15(22)6-4-13/h6-17,20,22,24-25,28,41-42,53H,18-19,21,23,26-27H2,1-5H3;3-9,12,18H,10-11H2,1-2H3/b31-6+,34-30+;. The lowest BCUT2D eigenvalue weighted by atomic mass is 9.88. The molecule has 9 rings (SSSR count). The van der Waals surface area contributed by atoms with Crippen LogP contribution in [0.1, 0.15) is 95.7 Å². The number of aryl methyl sites for hydroxylation is 1. The topological polar surface area (TPSA) is 144 Å². The summed E-state index contributed by atoms with van der Waals surface area (Å²) in [4.78, 5) is 57.3. The fourth-order valence-electron chi connectivity index (χ4n) is 10.6. The van der Waals surface area contributed by atoms with E-state index in [1.807, 2.05) is 50.3 Å². The molecule has 3 heterocycles. The third-order valence-electron chi connectivity index (χ3n) is 15.4. The molecule has 0 aromatic heterocycles. The second-order valence-corrected chi connectivity index (χ2v) is 20.6. The van der Waals surface area contributed by atoms with E-state index in [4.69, 9.17) is 28.8 Å². The first-order chi connectivity index (χ1) is 41.4. The van der Waals surface area contributed by atoms with Crippen LogP contribution in [0, 0.1) is 36.0 Å². The Morgan fingerprint density at radius 3 is 1.52 bits per heavy atom. The van der Waals surface area contributed by atoms with Crippen molar-refractivity contribution >= 4 is 29.1 Å². The highest BCUT2D eigenvalue weighted by Gasteiger charge is 2.33. The number of hydrogen-bond donors (Lipinski definition) is 1. The fraction of sp³-hybridized carbons (Fsp3) is 0.265. The van der Waals surface area contributed by atoms with E-state index in [0.717, 1.165) is 39.5 Å². The molecule has 3 aliphatic rings. The van der Waals surface area contributed by atoms with Gasteiger partial charge in [-0.3, -0.25) is 19.2 Å². The lowest BCUT2D eigenvalue weighted by Crippen LogP contribution is -2.35. The van der Waals surface area contributed by atoms with E-state index in [1.165, 1.54) is 112 Å². The van der Waals surface area contributed by atoms with Crippen LogP contribution in [0.4, 0.5) is 22.0 Å². The van der Waals surface area contributed by atoms with Gasteiger partial charge in [-0.2, -0.15) is 0 Å². The monoisotopic (exact) mass is 1180 g/mol. The first-order valence-electron chi connectivity index (χ1n) is 27.7. The summed E-state index contributed by atoms with van der Waals surface area (Å²) in [5, 5.41) is 9.17. The van der Waals surface area contributed by atoms with E-state index < -0.39 is 47.1 Å². The minimum Gasteiger partial charge on any atom is -0.493 e. The molecule has 0 saturated carbocycles. The van der Waals surface area contributed by atoms with Crippen LogP contribution in [0.5, 0.6) is 28.7 Å². The summed E-state index contributed by atoms with van der Waals surface area (Å²) in [5.74, 6) is -2.54. The Labute approximate surface area is 496 Å². The maximum absolute atomic E-state index is 15.1. The second kappa shape index (κ2) is 28.5. The molecule has 86 heavy (non-hydrogen) atoms. The number of rotatable bonds is 17. The van der Waals surface area contributed by atoms with Crippen molar-refractivity contribution in [3.8, 4) is 28.7 Å². The van der Waals surface area contributed by atoms with Crippen molar-refractivity contribution < 1.29 is 69.9 Å². The third kappa shape index (κ3) is 14.8. The van der Waals surface area contributed by atoms with Gasteiger partial charge in [0.05, 0.1) is 72.4 Å². The van der Waals surface area contributed by atoms with Crippen molar-refractivity contribution in [2.45, 2.75) is 77.4 Å². The molecule has 0 aliphatic carbocycles. The number of hydrogen-bond acceptors (Lipinski definition) is 10. The van der Waals surface area contributed by atoms with Gasteiger partial charge in [0.1, 0.15) is 29.9 Å². The molecule has 3 amide bonds. The number of benzene rings is 6. The number of nitrogens with zero attached hydrogens (tertiary/aromatic N) is 3. The number of ketones is 1. The molecule has 6 aromatic rings. The van der Waals surface area contributed by atoms with Gasteiger partial charge in [-0.25, -0.2) is 22.0 Å². The highest BCUT2D eigenvalue weighted by atomic mass is 19.1. The Morgan fingerprint density at radius 1 is 0.547 bits per heavy atom. The lowest BCUT2D eigenvalue weighted by Gasteiger charge is -2.34. The van der Waals surface area contributed by atoms with E-state index in [-0.39, 0.29) is 90.9 Å². The molecule has 6 aromatic carbocycles. The molecule has 0 spiro atoms. The average molecular weight is 1180 g/mol. The number of allylic oxidation sites excluding steroid dienone is 5. The first-order valence-corrected chi connectivity index (χ1v) is 27.7. The number of aliphatic hydroxyl groups excluding tert-OH is 1. The Bertz CT molecular complexity index is 3650. The maximum atomic E-state index is 15.1. The lowest BCUT2D eigenvalue weighted by molar-refractivity contribution is -0.132. The fourth-order valence-corrected chi connectivity index (χ4v) is 10.6. The van der Waals surface area contributed by atoms with E-state index in [1.54, 1.807) is 41.3 Å². The SMILES string of the molecule is C/C=C1\C=CN(C(=O)Cc2cc(OC)c(OC)cc2F)C(c2cccc(/C(C)=C3\C=CN(C(=O)Cc4cc(OCCO)c(F)cc4C)C(c4ccc(F)cc4)C3)c2)C1.COc1cc(F)c(CC(=O)N2C=CC(=O)CC2c2ccc(F)cc2)cc1OC. The van der Waals surface area contributed by atoms with Gasteiger partial charge in [0, 0.05) is 48.3 Å². The van der Waals surface area contributed by atoms with Crippen molar-refractivity contribution in [1.29, 1.82) is 0 Å². The predicted octanol–water partition coefficient (Wildman–Crippen LogP) is 12.9. The number of carbonyl (C=O) groups is 4. The highest BCUT2D eigenvalue weighted by molar-refractivity contribution is 5.93. The van der Waals surface area contributed by atoms with Crippen LogP contribution in [0.25, 0.3) is 5.57 Å². The predicted molar refractivity (Wildman–Crippen MR) is 314 cm³/mol. The Hall–Kier alpha value is -9.29. The molecule has 3 unspecified atom stereocenters. The number of ether oxygens (including phenoxy) is 5. The molecular formula is C68H66F5N3O10. The zero-order valence-corrected chi connectivity index (χ0v) is 48.7. The van der Waals surface area contributed by atoms with Crippen LogP contribution < -0.4 is 23.7 Å². The van der Waals surface area contributed by atoms with Crippen molar-refractivity contribution in [2.75, 3.05) is 41.7 Å². The summed E-state index contributed by atoms with van der Waals surface area (Å²) in [6.07, 6.45) is 12.6. The minimum absolute atomic E-state index is 0.0401. The molecule has 0 radical (unpaired) electrons. The summed E-state index contributed by atoms with van der Waals surface area (Å²) >= 11 is 0. The maximum Gasteiger partial charge on any atom is 0.231 e. The van der Waals surface area contributed by atoms with E-state index in [0.29, 0.717) is 41.0 Å². The normalized spacial score (nSPS) is 17.5. The molecule has 3 atom stereocenters. The molecule has 0 bridgehead atoms. The summed E-state index contributed by atoms with van der Waals surface area (Å²) in [6.45, 7) is 5.31. The second-order valence-electron chi connectivity index (χ2n) is 20.6. The van der Waals surface area contributed by atoms with Gasteiger partial charge in [-0.05, 0) is 157 Å². The number of carbonyl (C=O) groups excluding carboxylic acids is 4. The largest absolute Gasteiger partial charge is 0.493 e.